The first-order chi connectivity index (χ1) is 16.4. The number of aromatic nitrogens is 1. The average molecular weight is 479 g/mol. The first-order valence-electron chi connectivity index (χ1n) is 11.4. The summed E-state index contributed by atoms with van der Waals surface area (Å²) in [5.41, 5.74) is 7.28. The number of nitrogens with zero attached hydrogens (tertiary/aromatic N) is 3. The summed E-state index contributed by atoms with van der Waals surface area (Å²) >= 11 is 6.38. The van der Waals surface area contributed by atoms with Crippen molar-refractivity contribution >= 4 is 17.5 Å². The average Bonchev–Trinajstić information content (AvgIpc) is 3.42. The molecular formula is C26H27ClN4O3. The maximum Gasteiger partial charge on any atom is 0.251 e. The zero-order chi connectivity index (χ0) is 23.8. The molecule has 0 bridgehead atoms. The molecule has 7 nitrogen and oxygen atoms in total. The highest BCUT2D eigenvalue weighted by molar-refractivity contribution is 6.32. The van der Waals surface area contributed by atoms with Crippen LogP contribution in [0.25, 0.3) is 11.5 Å². The van der Waals surface area contributed by atoms with Gasteiger partial charge in [-0.2, -0.15) is 0 Å². The Labute approximate surface area is 203 Å². The fourth-order valence-electron chi connectivity index (χ4n) is 4.35. The Balaban J connectivity index is 1.29. The largest absolute Gasteiger partial charge is 0.492 e. The monoisotopic (exact) mass is 478 g/mol. The number of ether oxygens (including phenoxy) is 1. The summed E-state index contributed by atoms with van der Waals surface area (Å²) in [6.07, 6.45) is 4.33. The minimum atomic E-state index is -0.302. The standard InChI is InChI=1S/C26H27ClN4O3/c1-4-33-24-10-9-19(13-20(24)27)21-14-23-26(32)30(11-12-31(23)29-21)15-22-17(3)34-25(28-22)18-7-5-16(2)6-8-18/h5-13,21,23,29H,4,14-15H2,1-3H3. The summed E-state index contributed by atoms with van der Waals surface area (Å²) in [5.74, 6) is 1.97. The molecule has 176 valence electrons. The molecule has 5 rings (SSSR count). The van der Waals surface area contributed by atoms with Crippen LogP contribution in [-0.4, -0.2) is 33.4 Å². The van der Waals surface area contributed by atoms with E-state index in [9.17, 15) is 4.79 Å². The van der Waals surface area contributed by atoms with E-state index in [1.807, 2.05) is 74.4 Å². The Hall–Kier alpha value is -3.29. The number of fused-ring (bicyclic) bond motifs is 1. The van der Waals surface area contributed by atoms with E-state index in [-0.39, 0.29) is 18.0 Å². The van der Waals surface area contributed by atoms with Crippen LogP contribution in [-0.2, 0) is 11.3 Å². The van der Waals surface area contributed by atoms with Gasteiger partial charge in [-0.05, 0) is 57.0 Å². The summed E-state index contributed by atoms with van der Waals surface area (Å²) in [4.78, 5) is 19.7. The number of halogens is 1. The Morgan fingerprint density at radius 1 is 1.18 bits per heavy atom. The maximum absolute atomic E-state index is 13.3. The van der Waals surface area contributed by atoms with Crippen molar-refractivity contribution in [3.8, 4) is 17.2 Å². The molecule has 2 unspecified atom stereocenters. The summed E-state index contributed by atoms with van der Waals surface area (Å²) in [5, 5.41) is 2.45. The van der Waals surface area contributed by atoms with Crippen molar-refractivity contribution in [1.29, 1.82) is 0 Å². The number of nitrogens with one attached hydrogen (secondary N) is 1. The molecule has 8 heteroatoms. The number of aryl methyl sites for hydroxylation is 2. The van der Waals surface area contributed by atoms with E-state index in [1.165, 1.54) is 5.56 Å². The zero-order valence-corrected chi connectivity index (χ0v) is 20.2. The lowest BCUT2D eigenvalue weighted by molar-refractivity contribution is -0.135. The van der Waals surface area contributed by atoms with E-state index >= 15 is 0 Å². The van der Waals surface area contributed by atoms with E-state index in [4.69, 9.17) is 20.8 Å². The number of carbonyl (C=O) groups is 1. The molecule has 3 heterocycles. The molecule has 1 amide bonds. The lowest BCUT2D eigenvalue weighted by Gasteiger charge is -2.31. The highest BCUT2D eigenvalue weighted by atomic mass is 35.5. The van der Waals surface area contributed by atoms with Crippen LogP contribution >= 0.6 is 11.6 Å². The van der Waals surface area contributed by atoms with Crippen molar-refractivity contribution in [2.45, 2.75) is 45.8 Å². The molecule has 0 aliphatic carbocycles. The van der Waals surface area contributed by atoms with E-state index in [1.54, 1.807) is 11.1 Å². The van der Waals surface area contributed by atoms with Crippen LogP contribution in [0.4, 0.5) is 0 Å². The van der Waals surface area contributed by atoms with Crippen LogP contribution in [0.5, 0.6) is 5.75 Å². The molecule has 0 saturated carbocycles. The fourth-order valence-corrected chi connectivity index (χ4v) is 4.59. The third kappa shape index (κ3) is 4.29. The highest BCUT2D eigenvalue weighted by Crippen LogP contribution is 2.35. The van der Waals surface area contributed by atoms with Gasteiger partial charge in [0, 0.05) is 18.0 Å². The zero-order valence-electron chi connectivity index (χ0n) is 19.4. The smallest absolute Gasteiger partial charge is 0.251 e. The number of hydrazine groups is 1. The first-order valence-corrected chi connectivity index (χ1v) is 11.8. The summed E-state index contributed by atoms with van der Waals surface area (Å²) in [6, 6.07) is 13.5. The van der Waals surface area contributed by atoms with Crippen LogP contribution in [0, 0.1) is 13.8 Å². The number of benzene rings is 2. The minimum Gasteiger partial charge on any atom is -0.492 e. The Morgan fingerprint density at radius 2 is 1.97 bits per heavy atom. The Kier molecular flexibility index (Phi) is 6.06. The van der Waals surface area contributed by atoms with Crippen LogP contribution in [0.2, 0.25) is 5.02 Å². The van der Waals surface area contributed by atoms with Gasteiger partial charge in [0.05, 0.1) is 24.2 Å². The number of carbonyl (C=O) groups excluding carboxylic acids is 1. The molecule has 1 aromatic heterocycles. The second-order valence-corrected chi connectivity index (χ2v) is 9.02. The second-order valence-electron chi connectivity index (χ2n) is 8.62. The van der Waals surface area contributed by atoms with Gasteiger partial charge in [0.1, 0.15) is 23.2 Å². The molecule has 1 N–H and O–H groups in total. The predicted molar refractivity (Wildman–Crippen MR) is 130 cm³/mol. The highest BCUT2D eigenvalue weighted by Gasteiger charge is 2.40. The molecule has 1 fully saturated rings. The first kappa shape index (κ1) is 22.5. The molecule has 3 aromatic rings. The minimum absolute atomic E-state index is 0.0198. The molecule has 0 spiro atoms. The summed E-state index contributed by atoms with van der Waals surface area (Å²) in [7, 11) is 0. The van der Waals surface area contributed by atoms with Gasteiger partial charge in [0.2, 0.25) is 5.89 Å². The van der Waals surface area contributed by atoms with E-state index in [2.05, 4.69) is 10.4 Å². The normalized spacial score (nSPS) is 19.6. The van der Waals surface area contributed by atoms with Gasteiger partial charge in [-0.3, -0.25) is 4.79 Å². The second kappa shape index (κ2) is 9.16. The molecular weight excluding hydrogens is 452 g/mol. The van der Waals surface area contributed by atoms with E-state index in [0.29, 0.717) is 42.0 Å². The van der Waals surface area contributed by atoms with E-state index in [0.717, 1.165) is 16.8 Å². The quantitative estimate of drug-likeness (QED) is 0.528. The molecule has 2 atom stereocenters. The molecule has 2 aliphatic heterocycles. The van der Waals surface area contributed by atoms with Crippen molar-refractivity contribution in [2.75, 3.05) is 6.61 Å². The SMILES string of the molecule is CCOc1ccc(C2CC3C(=O)N(Cc4nc(-c5ccc(C)cc5)oc4C)C=CN3N2)cc1Cl. The summed E-state index contributed by atoms with van der Waals surface area (Å²) < 4.78 is 11.4. The summed E-state index contributed by atoms with van der Waals surface area (Å²) in [6.45, 7) is 6.77. The predicted octanol–water partition coefficient (Wildman–Crippen LogP) is 5.14. The van der Waals surface area contributed by atoms with Gasteiger partial charge in [0.15, 0.2) is 0 Å². The maximum atomic E-state index is 13.3. The third-order valence-corrected chi connectivity index (χ3v) is 6.54. The van der Waals surface area contributed by atoms with Crippen molar-refractivity contribution in [3.05, 3.63) is 82.5 Å². The van der Waals surface area contributed by atoms with Gasteiger partial charge >= 0.3 is 0 Å². The number of hydrogen-bond acceptors (Lipinski definition) is 6. The molecule has 1 saturated heterocycles. The van der Waals surface area contributed by atoms with Gasteiger partial charge < -0.3 is 19.1 Å². The molecule has 2 aromatic carbocycles. The van der Waals surface area contributed by atoms with Crippen molar-refractivity contribution in [2.24, 2.45) is 0 Å². The van der Waals surface area contributed by atoms with Crippen molar-refractivity contribution < 1.29 is 13.9 Å². The number of oxazole rings is 1. The lowest BCUT2D eigenvalue weighted by Crippen LogP contribution is -2.47. The van der Waals surface area contributed by atoms with Crippen LogP contribution < -0.4 is 10.2 Å². The Morgan fingerprint density at radius 3 is 2.71 bits per heavy atom. The molecule has 34 heavy (non-hydrogen) atoms. The number of rotatable bonds is 6. The van der Waals surface area contributed by atoms with Crippen LogP contribution in [0.15, 0.2) is 59.3 Å². The Bertz CT molecular complexity index is 1240. The lowest BCUT2D eigenvalue weighted by atomic mass is 10.0. The molecule has 2 aliphatic rings. The van der Waals surface area contributed by atoms with Gasteiger partial charge in [-0.15, -0.1) is 0 Å². The molecule has 0 radical (unpaired) electrons. The van der Waals surface area contributed by atoms with Crippen LogP contribution in [0.3, 0.4) is 0 Å². The fraction of sp³-hybridized carbons (Fsp3) is 0.308. The van der Waals surface area contributed by atoms with Gasteiger partial charge in [-0.1, -0.05) is 35.4 Å². The number of amides is 1. The van der Waals surface area contributed by atoms with E-state index < -0.39 is 0 Å². The van der Waals surface area contributed by atoms with Crippen LogP contribution in [0.1, 0.15) is 42.0 Å². The topological polar surface area (TPSA) is 70.8 Å². The van der Waals surface area contributed by atoms with Crippen molar-refractivity contribution in [3.63, 3.8) is 0 Å². The third-order valence-electron chi connectivity index (χ3n) is 6.24. The van der Waals surface area contributed by atoms with Gasteiger partial charge in [0.25, 0.3) is 5.91 Å². The van der Waals surface area contributed by atoms with Gasteiger partial charge in [-0.25, -0.2) is 10.4 Å². The number of hydrogen-bond donors (Lipinski definition) is 1. The van der Waals surface area contributed by atoms with Crippen molar-refractivity contribution in [1.82, 2.24) is 20.3 Å².